The first-order valence-corrected chi connectivity index (χ1v) is 4.45. The van der Waals surface area contributed by atoms with Crippen LogP contribution in [0.3, 0.4) is 0 Å². The molecule has 82 valence electrons. The lowest BCUT2D eigenvalue weighted by Gasteiger charge is -2.14. The standard InChI is InChI=1S/C11H12F3N/c1-8(2)7-15-10-6-4-3-5-9(10)11(12,13)14/h3-6,15H,1,7H2,2H3. The number of para-hydroxylation sites is 1. The quantitative estimate of drug-likeness (QED) is 0.758. The largest absolute Gasteiger partial charge is 0.418 e. The molecule has 1 aromatic carbocycles. The van der Waals surface area contributed by atoms with Crippen LogP contribution in [0.5, 0.6) is 0 Å². The minimum absolute atomic E-state index is 0.0907. The van der Waals surface area contributed by atoms with Gasteiger partial charge < -0.3 is 5.32 Å². The molecular formula is C11H12F3N. The summed E-state index contributed by atoms with van der Waals surface area (Å²) >= 11 is 0. The summed E-state index contributed by atoms with van der Waals surface area (Å²) in [5.74, 6) is 0. The molecule has 1 nitrogen and oxygen atoms in total. The average molecular weight is 215 g/mol. The van der Waals surface area contributed by atoms with Crippen LogP contribution in [0.1, 0.15) is 12.5 Å². The van der Waals surface area contributed by atoms with Gasteiger partial charge in [0.05, 0.1) is 5.56 Å². The molecule has 15 heavy (non-hydrogen) atoms. The minimum atomic E-state index is -4.32. The molecule has 0 aliphatic rings. The fourth-order valence-corrected chi connectivity index (χ4v) is 1.13. The SMILES string of the molecule is C=C(C)CNc1ccccc1C(F)(F)F. The van der Waals surface area contributed by atoms with Crippen LogP contribution in [0, 0.1) is 0 Å². The maximum Gasteiger partial charge on any atom is 0.418 e. The van der Waals surface area contributed by atoms with Crippen LogP contribution < -0.4 is 5.32 Å². The van der Waals surface area contributed by atoms with Crippen LogP contribution >= 0.6 is 0 Å². The Labute approximate surface area is 86.6 Å². The third kappa shape index (κ3) is 3.31. The molecule has 1 aromatic rings. The maximum atomic E-state index is 12.5. The second-order valence-corrected chi connectivity index (χ2v) is 3.35. The van der Waals surface area contributed by atoms with E-state index in [0.29, 0.717) is 6.54 Å². The Kier molecular flexibility index (Phi) is 3.39. The Balaban J connectivity index is 2.92. The van der Waals surface area contributed by atoms with E-state index in [9.17, 15) is 13.2 Å². The summed E-state index contributed by atoms with van der Waals surface area (Å²) in [5, 5.41) is 2.70. The van der Waals surface area contributed by atoms with Gasteiger partial charge in [-0.05, 0) is 19.1 Å². The maximum absolute atomic E-state index is 12.5. The molecule has 0 aliphatic heterocycles. The summed E-state index contributed by atoms with van der Waals surface area (Å²) in [6.45, 7) is 5.71. The fraction of sp³-hybridized carbons (Fsp3) is 0.273. The zero-order valence-corrected chi connectivity index (χ0v) is 8.36. The molecule has 0 fully saturated rings. The highest BCUT2D eigenvalue weighted by Gasteiger charge is 2.32. The Hall–Kier alpha value is -1.45. The highest BCUT2D eigenvalue weighted by molar-refractivity contribution is 5.53. The van der Waals surface area contributed by atoms with Crippen molar-refractivity contribution in [2.24, 2.45) is 0 Å². The second kappa shape index (κ2) is 4.38. The molecule has 0 saturated carbocycles. The molecule has 0 heterocycles. The number of anilines is 1. The van der Waals surface area contributed by atoms with Crippen molar-refractivity contribution in [2.45, 2.75) is 13.1 Å². The van der Waals surface area contributed by atoms with E-state index in [1.165, 1.54) is 12.1 Å². The van der Waals surface area contributed by atoms with Crippen LogP contribution in [0.25, 0.3) is 0 Å². The monoisotopic (exact) mass is 215 g/mol. The fourth-order valence-electron chi connectivity index (χ4n) is 1.13. The lowest BCUT2D eigenvalue weighted by Crippen LogP contribution is -2.11. The van der Waals surface area contributed by atoms with Gasteiger partial charge in [-0.25, -0.2) is 0 Å². The summed E-state index contributed by atoms with van der Waals surface area (Å²) in [7, 11) is 0. The third-order valence-electron chi connectivity index (χ3n) is 1.81. The lowest BCUT2D eigenvalue weighted by molar-refractivity contribution is -0.136. The van der Waals surface area contributed by atoms with Gasteiger partial charge in [0.2, 0.25) is 0 Å². The molecule has 4 heteroatoms. The molecule has 0 unspecified atom stereocenters. The van der Waals surface area contributed by atoms with Crippen molar-refractivity contribution in [1.29, 1.82) is 0 Å². The van der Waals surface area contributed by atoms with Crippen molar-refractivity contribution in [3.8, 4) is 0 Å². The molecule has 0 atom stereocenters. The summed E-state index contributed by atoms with van der Waals surface area (Å²) in [5.41, 5.74) is 0.228. The van der Waals surface area contributed by atoms with Crippen molar-refractivity contribution in [1.82, 2.24) is 0 Å². The van der Waals surface area contributed by atoms with E-state index in [2.05, 4.69) is 11.9 Å². The zero-order chi connectivity index (χ0) is 11.5. The number of halogens is 3. The number of nitrogens with one attached hydrogen (secondary N) is 1. The van der Waals surface area contributed by atoms with Gasteiger partial charge in [-0.1, -0.05) is 24.3 Å². The highest BCUT2D eigenvalue weighted by atomic mass is 19.4. The Bertz CT molecular complexity index is 355. The topological polar surface area (TPSA) is 12.0 Å². The molecule has 0 aromatic heterocycles. The predicted octanol–water partition coefficient (Wildman–Crippen LogP) is 3.69. The van der Waals surface area contributed by atoms with Gasteiger partial charge in [-0.3, -0.25) is 0 Å². The van der Waals surface area contributed by atoms with Crippen molar-refractivity contribution in [3.05, 3.63) is 42.0 Å². The summed E-state index contributed by atoms with van der Waals surface area (Å²) in [6, 6.07) is 5.40. The molecule has 0 spiro atoms. The lowest BCUT2D eigenvalue weighted by atomic mass is 10.1. The van der Waals surface area contributed by atoms with Gasteiger partial charge in [0, 0.05) is 12.2 Å². The molecule has 0 saturated heterocycles. The minimum Gasteiger partial charge on any atom is -0.381 e. The molecule has 1 N–H and O–H groups in total. The normalized spacial score (nSPS) is 11.2. The summed E-state index contributed by atoms with van der Waals surface area (Å²) in [4.78, 5) is 0. The van der Waals surface area contributed by atoms with E-state index in [-0.39, 0.29) is 5.69 Å². The highest BCUT2D eigenvalue weighted by Crippen LogP contribution is 2.34. The van der Waals surface area contributed by atoms with Gasteiger partial charge in [0.1, 0.15) is 0 Å². The van der Waals surface area contributed by atoms with Crippen molar-refractivity contribution in [2.75, 3.05) is 11.9 Å². The molecule has 0 aliphatic carbocycles. The van der Waals surface area contributed by atoms with E-state index in [0.717, 1.165) is 11.6 Å². The van der Waals surface area contributed by atoms with Gasteiger partial charge in [0.15, 0.2) is 0 Å². The van der Waals surface area contributed by atoms with Crippen LogP contribution in [0.4, 0.5) is 18.9 Å². The van der Waals surface area contributed by atoms with Crippen molar-refractivity contribution >= 4 is 5.69 Å². The van der Waals surface area contributed by atoms with Crippen LogP contribution in [-0.4, -0.2) is 6.54 Å². The van der Waals surface area contributed by atoms with Gasteiger partial charge in [0.25, 0.3) is 0 Å². The average Bonchev–Trinajstić information content (AvgIpc) is 2.13. The Morgan fingerprint density at radius 3 is 2.47 bits per heavy atom. The van der Waals surface area contributed by atoms with E-state index < -0.39 is 11.7 Å². The van der Waals surface area contributed by atoms with E-state index >= 15 is 0 Å². The zero-order valence-electron chi connectivity index (χ0n) is 8.36. The first-order chi connectivity index (χ1) is 6.91. The molecular weight excluding hydrogens is 203 g/mol. The van der Waals surface area contributed by atoms with Crippen LogP contribution in [0.2, 0.25) is 0 Å². The van der Waals surface area contributed by atoms with Crippen LogP contribution in [-0.2, 0) is 6.18 Å². The molecule has 0 amide bonds. The van der Waals surface area contributed by atoms with E-state index in [1.807, 2.05) is 0 Å². The number of benzene rings is 1. The summed E-state index contributed by atoms with van der Waals surface area (Å²) < 4.78 is 37.5. The van der Waals surface area contributed by atoms with Crippen molar-refractivity contribution in [3.63, 3.8) is 0 Å². The molecule has 0 radical (unpaired) electrons. The number of alkyl halides is 3. The van der Waals surface area contributed by atoms with E-state index in [4.69, 9.17) is 0 Å². The third-order valence-corrected chi connectivity index (χ3v) is 1.81. The first kappa shape index (κ1) is 11.6. The first-order valence-electron chi connectivity index (χ1n) is 4.45. The Morgan fingerprint density at radius 2 is 1.93 bits per heavy atom. The van der Waals surface area contributed by atoms with Crippen molar-refractivity contribution < 1.29 is 13.2 Å². The number of hydrogen-bond acceptors (Lipinski definition) is 1. The smallest absolute Gasteiger partial charge is 0.381 e. The van der Waals surface area contributed by atoms with E-state index in [1.54, 1.807) is 13.0 Å². The van der Waals surface area contributed by atoms with Gasteiger partial charge in [-0.15, -0.1) is 0 Å². The Morgan fingerprint density at radius 1 is 1.33 bits per heavy atom. The van der Waals surface area contributed by atoms with Gasteiger partial charge >= 0.3 is 6.18 Å². The number of rotatable bonds is 3. The molecule has 1 rings (SSSR count). The number of hydrogen-bond donors (Lipinski definition) is 1. The molecule has 0 bridgehead atoms. The second-order valence-electron chi connectivity index (χ2n) is 3.35. The summed E-state index contributed by atoms with van der Waals surface area (Å²) in [6.07, 6.45) is -4.32. The van der Waals surface area contributed by atoms with Crippen LogP contribution in [0.15, 0.2) is 36.4 Å². The predicted molar refractivity (Wildman–Crippen MR) is 54.7 cm³/mol. The van der Waals surface area contributed by atoms with Gasteiger partial charge in [-0.2, -0.15) is 13.2 Å².